The van der Waals surface area contributed by atoms with Gasteiger partial charge in [0.1, 0.15) is 6.04 Å². The van der Waals surface area contributed by atoms with Crippen molar-refractivity contribution in [3.63, 3.8) is 0 Å². The molecule has 0 aliphatic heterocycles. The van der Waals surface area contributed by atoms with E-state index < -0.39 is 17.9 Å². The molecular formula is C9H10ClNO5. The number of carbonyl (C=O) groups is 2. The van der Waals surface area contributed by atoms with Gasteiger partial charge in [-0.15, -0.1) is 0 Å². The molecule has 0 saturated heterocycles. The predicted molar refractivity (Wildman–Crippen MR) is 54.3 cm³/mol. The minimum absolute atomic E-state index is 0.0610. The quantitative estimate of drug-likeness (QED) is 0.704. The van der Waals surface area contributed by atoms with Gasteiger partial charge in [0, 0.05) is 13.0 Å². The number of hydrogen-bond donors (Lipinski definition) is 3. The molecule has 0 fully saturated rings. The van der Waals surface area contributed by atoms with Gasteiger partial charge in [0.15, 0.2) is 0 Å². The van der Waals surface area contributed by atoms with Gasteiger partial charge >= 0.3 is 5.97 Å². The third-order valence-electron chi connectivity index (χ3n) is 1.88. The first kappa shape index (κ1) is 12.5. The van der Waals surface area contributed by atoms with Crippen molar-refractivity contribution in [1.29, 1.82) is 0 Å². The van der Waals surface area contributed by atoms with E-state index in [2.05, 4.69) is 5.32 Å². The zero-order valence-corrected chi connectivity index (χ0v) is 8.90. The number of aliphatic hydroxyl groups excluding tert-OH is 1. The number of rotatable bonds is 5. The molecule has 0 saturated carbocycles. The zero-order chi connectivity index (χ0) is 12.1. The smallest absolute Gasteiger partial charge is 0.326 e. The lowest BCUT2D eigenvalue weighted by Gasteiger charge is -2.12. The highest BCUT2D eigenvalue weighted by Crippen LogP contribution is 2.16. The molecule has 1 heterocycles. The molecule has 88 valence electrons. The first-order valence-electron chi connectivity index (χ1n) is 4.43. The summed E-state index contributed by atoms with van der Waals surface area (Å²) in [6.45, 7) is -0.337. The summed E-state index contributed by atoms with van der Waals surface area (Å²) < 4.78 is 4.70. The Hall–Kier alpha value is -1.53. The highest BCUT2D eigenvalue weighted by atomic mass is 35.5. The topological polar surface area (TPSA) is 99.8 Å². The first-order chi connectivity index (χ1) is 7.56. The van der Waals surface area contributed by atoms with E-state index in [0.717, 1.165) is 0 Å². The van der Waals surface area contributed by atoms with E-state index in [-0.39, 0.29) is 23.8 Å². The van der Waals surface area contributed by atoms with Crippen LogP contribution in [-0.2, 0) is 4.79 Å². The largest absolute Gasteiger partial charge is 0.480 e. The fourth-order valence-corrected chi connectivity index (χ4v) is 1.28. The van der Waals surface area contributed by atoms with Crippen LogP contribution in [-0.4, -0.2) is 34.7 Å². The van der Waals surface area contributed by atoms with E-state index in [4.69, 9.17) is 26.2 Å². The Kier molecular flexibility index (Phi) is 4.33. The van der Waals surface area contributed by atoms with E-state index in [1.807, 2.05) is 0 Å². The number of carboxylic acids is 1. The number of hydrogen-bond acceptors (Lipinski definition) is 4. The van der Waals surface area contributed by atoms with E-state index in [0.29, 0.717) is 0 Å². The summed E-state index contributed by atoms with van der Waals surface area (Å²) in [6.07, 6.45) is 1.15. The lowest BCUT2D eigenvalue weighted by molar-refractivity contribution is -0.139. The van der Waals surface area contributed by atoms with Gasteiger partial charge in [-0.25, -0.2) is 4.79 Å². The Morgan fingerprint density at radius 2 is 2.25 bits per heavy atom. The third kappa shape index (κ3) is 2.98. The zero-order valence-electron chi connectivity index (χ0n) is 8.14. The lowest BCUT2D eigenvalue weighted by atomic mass is 10.2. The van der Waals surface area contributed by atoms with Gasteiger partial charge in [0.25, 0.3) is 5.91 Å². The number of carbonyl (C=O) groups excluding carboxylic acids is 1. The second kappa shape index (κ2) is 5.53. The molecule has 16 heavy (non-hydrogen) atoms. The fourth-order valence-electron chi connectivity index (χ4n) is 1.08. The van der Waals surface area contributed by atoms with Gasteiger partial charge in [-0.1, -0.05) is 0 Å². The van der Waals surface area contributed by atoms with Gasteiger partial charge in [-0.3, -0.25) is 4.79 Å². The van der Waals surface area contributed by atoms with Crippen molar-refractivity contribution in [2.45, 2.75) is 12.5 Å². The van der Waals surface area contributed by atoms with Crippen molar-refractivity contribution in [2.24, 2.45) is 0 Å². The first-order valence-corrected chi connectivity index (χ1v) is 4.81. The van der Waals surface area contributed by atoms with Crippen molar-refractivity contribution in [3.8, 4) is 0 Å². The van der Waals surface area contributed by atoms with Crippen molar-refractivity contribution >= 4 is 23.5 Å². The van der Waals surface area contributed by atoms with Crippen molar-refractivity contribution in [1.82, 2.24) is 5.32 Å². The molecule has 1 amide bonds. The maximum absolute atomic E-state index is 11.5. The summed E-state index contributed by atoms with van der Waals surface area (Å²) in [5.41, 5.74) is 0.0610. The fraction of sp³-hybridized carbons (Fsp3) is 0.333. The van der Waals surface area contributed by atoms with Crippen molar-refractivity contribution in [2.75, 3.05) is 6.61 Å². The Morgan fingerprint density at radius 1 is 1.56 bits per heavy atom. The van der Waals surface area contributed by atoms with Gasteiger partial charge < -0.3 is 19.9 Å². The van der Waals surface area contributed by atoms with Crippen LogP contribution in [0.1, 0.15) is 16.8 Å². The van der Waals surface area contributed by atoms with Crippen molar-refractivity contribution < 1.29 is 24.2 Å². The molecule has 0 spiro atoms. The number of carboxylic acid groups (broad SMARTS) is 1. The predicted octanol–water partition coefficient (Wildman–Crippen LogP) is 0.498. The molecule has 1 aromatic rings. The summed E-state index contributed by atoms with van der Waals surface area (Å²) >= 11 is 5.55. The van der Waals surface area contributed by atoms with E-state index in [1.54, 1.807) is 0 Å². The third-order valence-corrected chi connectivity index (χ3v) is 2.18. The van der Waals surface area contributed by atoms with Crippen LogP contribution >= 0.6 is 11.6 Å². The molecule has 0 aliphatic rings. The van der Waals surface area contributed by atoms with Gasteiger partial charge in [-0.05, 0) is 17.7 Å². The average Bonchev–Trinajstić information content (AvgIpc) is 2.63. The van der Waals surface area contributed by atoms with Crippen LogP contribution < -0.4 is 5.32 Å². The molecular weight excluding hydrogens is 238 g/mol. The molecule has 0 aliphatic carbocycles. The second-order valence-corrected chi connectivity index (χ2v) is 3.33. The Morgan fingerprint density at radius 3 is 2.69 bits per heavy atom. The summed E-state index contributed by atoms with van der Waals surface area (Å²) in [6, 6.07) is 0.179. The number of nitrogens with one attached hydrogen (secondary N) is 1. The minimum atomic E-state index is -1.22. The Bertz CT molecular complexity index is 389. The van der Waals surface area contributed by atoms with Crippen LogP contribution in [0.3, 0.4) is 0 Å². The number of aliphatic carboxylic acids is 1. The molecule has 3 N–H and O–H groups in total. The summed E-state index contributed by atoms with van der Waals surface area (Å²) in [5.74, 6) is -1.87. The number of amides is 1. The maximum atomic E-state index is 11.5. The molecule has 1 aromatic heterocycles. The average molecular weight is 248 g/mol. The maximum Gasteiger partial charge on any atom is 0.326 e. The molecule has 1 atom stereocenters. The normalized spacial score (nSPS) is 12.1. The molecule has 0 unspecified atom stereocenters. The lowest BCUT2D eigenvalue weighted by Crippen LogP contribution is -2.41. The van der Waals surface area contributed by atoms with Crippen molar-refractivity contribution in [3.05, 3.63) is 23.1 Å². The van der Waals surface area contributed by atoms with E-state index >= 15 is 0 Å². The van der Waals surface area contributed by atoms with Crippen LogP contribution in [0.4, 0.5) is 0 Å². The number of halogens is 1. The molecule has 0 aromatic carbocycles. The molecule has 1 rings (SSSR count). The highest BCUT2D eigenvalue weighted by Gasteiger charge is 2.22. The minimum Gasteiger partial charge on any atom is -0.480 e. The molecule has 0 radical (unpaired) electrons. The van der Waals surface area contributed by atoms with Gasteiger partial charge in [0.05, 0.1) is 11.8 Å². The van der Waals surface area contributed by atoms with Crippen LogP contribution in [0.25, 0.3) is 0 Å². The second-order valence-electron chi connectivity index (χ2n) is 2.98. The van der Waals surface area contributed by atoms with Gasteiger partial charge in [-0.2, -0.15) is 0 Å². The summed E-state index contributed by atoms with van der Waals surface area (Å²) in [5, 5.41) is 19.5. The number of aliphatic hydroxyl groups is 1. The van der Waals surface area contributed by atoms with E-state index in [1.165, 1.54) is 12.3 Å². The number of furan rings is 1. The Labute approximate surface area is 95.8 Å². The summed E-state index contributed by atoms with van der Waals surface area (Å²) in [4.78, 5) is 22.2. The van der Waals surface area contributed by atoms with Crippen LogP contribution in [0.2, 0.25) is 5.22 Å². The standard InChI is InChI=1S/C9H10ClNO5/c10-7-5(2-4-16-7)8(13)11-6(1-3-12)9(14)15/h2,4,6,12H,1,3H2,(H,11,13)(H,14,15)/t6-/m1/s1. The molecule has 0 bridgehead atoms. The molecule has 6 nitrogen and oxygen atoms in total. The van der Waals surface area contributed by atoms with Crippen LogP contribution in [0.5, 0.6) is 0 Å². The van der Waals surface area contributed by atoms with Crippen LogP contribution in [0, 0.1) is 0 Å². The van der Waals surface area contributed by atoms with E-state index in [9.17, 15) is 9.59 Å². The van der Waals surface area contributed by atoms with Gasteiger partial charge in [0.2, 0.25) is 5.22 Å². The monoisotopic (exact) mass is 247 g/mol. The SMILES string of the molecule is O=C(N[C@H](CCO)C(=O)O)c1ccoc1Cl. The van der Waals surface area contributed by atoms with Crippen LogP contribution in [0.15, 0.2) is 16.7 Å². The summed E-state index contributed by atoms with van der Waals surface area (Å²) in [7, 11) is 0. The Balaban J connectivity index is 2.69. The molecule has 7 heteroatoms. The highest BCUT2D eigenvalue weighted by molar-refractivity contribution is 6.32.